The van der Waals surface area contributed by atoms with Crippen molar-refractivity contribution in [3.05, 3.63) is 33.9 Å². The molecule has 152 valence electrons. The first-order chi connectivity index (χ1) is 13.4. The van der Waals surface area contributed by atoms with Crippen LogP contribution in [0.1, 0.15) is 43.0 Å². The van der Waals surface area contributed by atoms with Gasteiger partial charge in [-0.05, 0) is 38.3 Å². The Balaban J connectivity index is 1.78. The molecule has 1 aliphatic carbocycles. The second-order valence-electron chi connectivity index (χ2n) is 6.24. The molecule has 0 atom stereocenters. The summed E-state index contributed by atoms with van der Waals surface area (Å²) in [6, 6.07) is 4.23. The van der Waals surface area contributed by atoms with Gasteiger partial charge >= 0.3 is 11.9 Å². The number of nitro groups is 1. The quantitative estimate of drug-likeness (QED) is 0.251. The number of nitrogens with one attached hydrogen (secondary N) is 2. The number of nitro benzene ring substituents is 1. The third-order valence-corrected chi connectivity index (χ3v) is 3.89. The summed E-state index contributed by atoms with van der Waals surface area (Å²) in [6.45, 7) is 1.73. The van der Waals surface area contributed by atoms with Crippen molar-refractivity contribution in [3.8, 4) is 0 Å². The molecule has 10 nitrogen and oxygen atoms in total. The highest BCUT2D eigenvalue weighted by Gasteiger charge is 2.26. The van der Waals surface area contributed by atoms with Crippen LogP contribution in [0.15, 0.2) is 18.2 Å². The number of benzene rings is 1. The monoisotopic (exact) mass is 393 g/mol. The van der Waals surface area contributed by atoms with Gasteiger partial charge in [-0.15, -0.1) is 0 Å². The summed E-state index contributed by atoms with van der Waals surface area (Å²) in [5, 5.41) is 16.8. The minimum absolute atomic E-state index is 0.0110. The topological polar surface area (TPSA) is 137 Å². The zero-order valence-electron chi connectivity index (χ0n) is 15.6. The fraction of sp³-hybridized carbons (Fsp3) is 0.500. The molecule has 0 saturated heterocycles. The third kappa shape index (κ3) is 6.86. The molecule has 0 unspecified atom stereocenters. The average molecular weight is 393 g/mol. The van der Waals surface area contributed by atoms with E-state index in [9.17, 15) is 24.5 Å². The lowest BCUT2D eigenvalue weighted by atomic mass is 10.1. The number of nitrogens with zero attached hydrogens (tertiary/aromatic N) is 1. The predicted octanol–water partition coefficient (Wildman–Crippen LogP) is 1.79. The molecule has 1 aromatic rings. The van der Waals surface area contributed by atoms with Crippen molar-refractivity contribution in [1.29, 1.82) is 0 Å². The van der Waals surface area contributed by atoms with Crippen molar-refractivity contribution in [2.45, 2.75) is 38.6 Å². The second kappa shape index (κ2) is 10.2. The van der Waals surface area contributed by atoms with Crippen LogP contribution in [-0.4, -0.2) is 48.6 Å². The Morgan fingerprint density at radius 2 is 2.00 bits per heavy atom. The minimum atomic E-state index is -0.831. The van der Waals surface area contributed by atoms with Gasteiger partial charge in [0.25, 0.3) is 11.6 Å². The number of anilines is 1. The maximum absolute atomic E-state index is 12.1. The highest BCUT2D eigenvalue weighted by atomic mass is 16.6. The smallest absolute Gasteiger partial charge is 0.338 e. The maximum Gasteiger partial charge on any atom is 0.338 e. The highest BCUT2D eigenvalue weighted by molar-refractivity contribution is 5.93. The normalized spacial score (nSPS) is 12.8. The molecule has 0 heterocycles. The van der Waals surface area contributed by atoms with Gasteiger partial charge in [0.1, 0.15) is 5.69 Å². The van der Waals surface area contributed by atoms with Crippen LogP contribution >= 0.6 is 0 Å². The molecule has 1 fully saturated rings. The highest BCUT2D eigenvalue weighted by Crippen LogP contribution is 2.31. The van der Waals surface area contributed by atoms with Gasteiger partial charge < -0.3 is 20.1 Å². The summed E-state index contributed by atoms with van der Waals surface area (Å²) < 4.78 is 9.65. The lowest BCUT2D eigenvalue weighted by molar-refractivity contribution is -0.384. The van der Waals surface area contributed by atoms with Gasteiger partial charge in [0.2, 0.25) is 0 Å². The van der Waals surface area contributed by atoms with Crippen LogP contribution in [0.5, 0.6) is 0 Å². The molecule has 0 bridgehead atoms. The number of rotatable bonds is 11. The van der Waals surface area contributed by atoms with Crippen molar-refractivity contribution in [1.82, 2.24) is 5.32 Å². The Hall–Kier alpha value is -3.17. The maximum atomic E-state index is 12.1. The van der Waals surface area contributed by atoms with Crippen LogP contribution in [0.4, 0.5) is 11.4 Å². The first kappa shape index (κ1) is 21.1. The third-order valence-electron chi connectivity index (χ3n) is 3.89. The predicted molar refractivity (Wildman–Crippen MR) is 98.9 cm³/mol. The SMILES string of the molecule is CCOC(=O)CCCNC(=O)COC(=O)c1ccc(NC2CC2)c([N+](=O)[O-])c1. The van der Waals surface area contributed by atoms with Gasteiger partial charge in [-0.25, -0.2) is 4.79 Å². The van der Waals surface area contributed by atoms with Crippen LogP contribution in [0.25, 0.3) is 0 Å². The molecule has 1 saturated carbocycles. The van der Waals surface area contributed by atoms with Crippen LogP contribution in [-0.2, 0) is 19.1 Å². The summed E-state index contributed by atoms with van der Waals surface area (Å²) in [5.74, 6) is -1.70. The number of esters is 2. The standard InChI is InChI=1S/C18H23N3O7/c1-2-27-17(23)4-3-9-19-16(22)11-28-18(24)12-5-8-14(20-13-6-7-13)15(10-12)21(25)26/h5,8,10,13,20H,2-4,6-7,9,11H2,1H3,(H,19,22). The first-order valence-electron chi connectivity index (χ1n) is 9.05. The van der Waals surface area contributed by atoms with E-state index in [0.717, 1.165) is 18.9 Å². The summed E-state index contributed by atoms with van der Waals surface area (Å²) in [7, 11) is 0. The van der Waals surface area contributed by atoms with E-state index in [1.165, 1.54) is 12.1 Å². The Morgan fingerprint density at radius 1 is 1.25 bits per heavy atom. The van der Waals surface area contributed by atoms with Gasteiger partial charge in [-0.2, -0.15) is 0 Å². The van der Waals surface area contributed by atoms with Crippen LogP contribution in [0.3, 0.4) is 0 Å². The van der Waals surface area contributed by atoms with Crippen molar-refractivity contribution in [2.75, 3.05) is 25.1 Å². The fourth-order valence-corrected chi connectivity index (χ4v) is 2.34. The Morgan fingerprint density at radius 3 is 2.64 bits per heavy atom. The number of amides is 1. The Labute approximate surface area is 161 Å². The molecule has 0 spiro atoms. The fourth-order valence-electron chi connectivity index (χ4n) is 2.34. The molecule has 0 aliphatic heterocycles. The Kier molecular flexibility index (Phi) is 7.73. The molecule has 10 heteroatoms. The van der Waals surface area contributed by atoms with E-state index in [-0.39, 0.29) is 36.2 Å². The molecule has 28 heavy (non-hydrogen) atoms. The van der Waals surface area contributed by atoms with Gasteiger partial charge in [0, 0.05) is 25.1 Å². The molecule has 1 aromatic carbocycles. The summed E-state index contributed by atoms with van der Waals surface area (Å²) >= 11 is 0. The van der Waals surface area contributed by atoms with E-state index < -0.39 is 23.4 Å². The number of hydrogen-bond acceptors (Lipinski definition) is 8. The van der Waals surface area contributed by atoms with Gasteiger partial charge in [0.05, 0.1) is 17.1 Å². The summed E-state index contributed by atoms with van der Waals surface area (Å²) in [5.41, 5.74) is 0.122. The number of carbonyl (C=O) groups excluding carboxylic acids is 3. The largest absolute Gasteiger partial charge is 0.466 e. The van der Waals surface area contributed by atoms with Gasteiger partial charge in [0.15, 0.2) is 6.61 Å². The molecule has 1 aliphatic rings. The van der Waals surface area contributed by atoms with E-state index in [0.29, 0.717) is 18.7 Å². The first-order valence-corrected chi connectivity index (χ1v) is 9.05. The van der Waals surface area contributed by atoms with Crippen LogP contribution in [0, 0.1) is 10.1 Å². The zero-order valence-corrected chi connectivity index (χ0v) is 15.6. The minimum Gasteiger partial charge on any atom is -0.466 e. The molecular formula is C18H23N3O7. The zero-order chi connectivity index (χ0) is 20.5. The van der Waals surface area contributed by atoms with Crippen molar-refractivity contribution >= 4 is 29.2 Å². The van der Waals surface area contributed by atoms with E-state index >= 15 is 0 Å². The van der Waals surface area contributed by atoms with Crippen LogP contribution < -0.4 is 10.6 Å². The molecule has 1 amide bonds. The molecule has 2 N–H and O–H groups in total. The number of ether oxygens (including phenoxy) is 2. The van der Waals surface area contributed by atoms with E-state index in [1.807, 2.05) is 0 Å². The lowest BCUT2D eigenvalue weighted by Crippen LogP contribution is -2.30. The number of carbonyl (C=O) groups is 3. The second-order valence-corrected chi connectivity index (χ2v) is 6.24. The van der Waals surface area contributed by atoms with Crippen molar-refractivity contribution in [2.24, 2.45) is 0 Å². The Bertz CT molecular complexity index is 747. The summed E-state index contributed by atoms with van der Waals surface area (Å²) in [4.78, 5) is 45.5. The van der Waals surface area contributed by atoms with Crippen molar-refractivity contribution < 1.29 is 28.8 Å². The molecule has 0 aromatic heterocycles. The van der Waals surface area contributed by atoms with Crippen molar-refractivity contribution in [3.63, 3.8) is 0 Å². The van der Waals surface area contributed by atoms with Gasteiger partial charge in [-0.1, -0.05) is 0 Å². The van der Waals surface area contributed by atoms with E-state index in [1.54, 1.807) is 6.92 Å². The number of hydrogen-bond donors (Lipinski definition) is 2. The van der Waals surface area contributed by atoms with Gasteiger partial charge in [-0.3, -0.25) is 19.7 Å². The van der Waals surface area contributed by atoms with E-state index in [2.05, 4.69) is 10.6 Å². The average Bonchev–Trinajstić information content (AvgIpc) is 3.47. The molecule has 0 radical (unpaired) electrons. The lowest BCUT2D eigenvalue weighted by Gasteiger charge is -2.09. The van der Waals surface area contributed by atoms with Crippen LogP contribution in [0.2, 0.25) is 0 Å². The molecule has 2 rings (SSSR count). The van der Waals surface area contributed by atoms with E-state index in [4.69, 9.17) is 9.47 Å². The molecular weight excluding hydrogens is 370 g/mol. The summed E-state index contributed by atoms with van der Waals surface area (Å²) in [6.07, 6.45) is 2.49.